The van der Waals surface area contributed by atoms with Gasteiger partial charge < -0.3 is 9.84 Å². The number of carbonyl (C=O) groups is 2. The first-order chi connectivity index (χ1) is 15.0. The first-order valence-corrected chi connectivity index (χ1v) is 12.3. The lowest BCUT2D eigenvalue weighted by molar-refractivity contribution is -0.152. The molecule has 4 rings (SSSR count). The summed E-state index contributed by atoms with van der Waals surface area (Å²) in [6, 6.07) is 0. The maximum absolute atomic E-state index is 13.1. The lowest BCUT2D eigenvalue weighted by Gasteiger charge is -2.48. The normalized spacial score (nSPS) is 48.6. The maximum Gasteiger partial charge on any atom is 0.317 e. The van der Waals surface area contributed by atoms with Crippen LogP contribution >= 0.6 is 11.6 Å². The quantitative estimate of drug-likeness (QED) is 0.275. The zero-order chi connectivity index (χ0) is 23.4. The van der Waals surface area contributed by atoms with Gasteiger partial charge in [0.05, 0.1) is 0 Å². The van der Waals surface area contributed by atoms with Gasteiger partial charge in [-0.25, -0.2) is 0 Å². The number of allylic oxidation sites excluding steroid dienone is 7. The van der Waals surface area contributed by atoms with Crippen molar-refractivity contribution in [2.24, 2.45) is 52.8 Å². The first kappa shape index (κ1) is 23.4. The van der Waals surface area contributed by atoms with Gasteiger partial charge in [0.2, 0.25) is 0 Å². The highest BCUT2D eigenvalue weighted by atomic mass is 35.5. The summed E-state index contributed by atoms with van der Waals surface area (Å²) in [6.45, 7) is 10.0. The van der Waals surface area contributed by atoms with Crippen LogP contribution in [0.25, 0.3) is 0 Å². The standard InChI is InChI=1S/C27H35ClO4/c1-14-8-6-7-9-15(2)32-26(31)17(4)24(29)23(28)25(30)22-19(14)11-10-18-12-27(5)13-20(27)16(3)21(18)22/h6-11,14-22,30H,12-13H2,1-5H3/b8-6-,9-7+,25-23?/t14-,15+,16?,17+,18-,19+,20+,21?,22?,27+/m1/s1. The summed E-state index contributed by atoms with van der Waals surface area (Å²) in [4.78, 5) is 25.5. The fourth-order valence-electron chi connectivity index (χ4n) is 6.62. The number of rotatable bonds is 0. The number of hydrogen-bond acceptors (Lipinski definition) is 4. The number of ether oxygens (including phenoxy) is 1. The van der Waals surface area contributed by atoms with Gasteiger partial charge >= 0.3 is 5.97 Å². The highest BCUT2D eigenvalue weighted by Crippen LogP contribution is 2.69. The van der Waals surface area contributed by atoms with Gasteiger partial charge in [-0.3, -0.25) is 9.59 Å². The van der Waals surface area contributed by atoms with E-state index in [2.05, 4.69) is 39.0 Å². The van der Waals surface area contributed by atoms with Crippen molar-refractivity contribution in [3.8, 4) is 0 Å². The Bertz CT molecular complexity index is 915. The molecule has 174 valence electrons. The molecule has 0 aromatic carbocycles. The minimum Gasteiger partial charge on any atom is -0.510 e. The Hall–Kier alpha value is -1.81. The number of aliphatic hydroxyl groups excluding tert-OH is 1. The lowest BCUT2D eigenvalue weighted by atomic mass is 9.57. The second-order valence-corrected chi connectivity index (χ2v) is 11.2. The molecular formula is C27H35ClO4. The Morgan fingerprint density at radius 3 is 2.44 bits per heavy atom. The number of hydrogen-bond donors (Lipinski definition) is 1. The molecule has 1 aliphatic heterocycles. The van der Waals surface area contributed by atoms with E-state index >= 15 is 0 Å². The van der Waals surface area contributed by atoms with Crippen molar-refractivity contribution >= 4 is 23.4 Å². The molecular weight excluding hydrogens is 424 g/mol. The summed E-state index contributed by atoms with van der Waals surface area (Å²) in [6.07, 6.45) is 14.2. The summed E-state index contributed by atoms with van der Waals surface area (Å²) in [5.74, 6) is -0.777. The van der Waals surface area contributed by atoms with E-state index in [-0.39, 0.29) is 34.5 Å². The number of fused-ring (bicyclic) bond motifs is 4. The van der Waals surface area contributed by atoms with Crippen molar-refractivity contribution in [1.82, 2.24) is 0 Å². The molecule has 3 unspecified atom stereocenters. The van der Waals surface area contributed by atoms with Crippen LogP contribution in [0.5, 0.6) is 0 Å². The summed E-state index contributed by atoms with van der Waals surface area (Å²) in [5.41, 5.74) is 0.392. The van der Waals surface area contributed by atoms with Crippen LogP contribution in [0.15, 0.2) is 47.2 Å². The van der Waals surface area contributed by atoms with Crippen molar-refractivity contribution < 1.29 is 19.4 Å². The molecule has 0 saturated heterocycles. The molecule has 3 aliphatic carbocycles. The number of cyclic esters (lactones) is 1. The number of esters is 1. The molecule has 0 aromatic heterocycles. The van der Waals surface area contributed by atoms with E-state index in [1.165, 1.54) is 13.3 Å². The van der Waals surface area contributed by atoms with Crippen molar-refractivity contribution in [2.75, 3.05) is 0 Å². The topological polar surface area (TPSA) is 63.6 Å². The molecule has 0 spiro atoms. The molecule has 10 atom stereocenters. The van der Waals surface area contributed by atoms with E-state index in [1.54, 1.807) is 13.0 Å². The minimum absolute atomic E-state index is 0.0237. The van der Waals surface area contributed by atoms with Gasteiger partial charge in [0.1, 0.15) is 22.8 Å². The minimum atomic E-state index is -1.07. The Balaban J connectivity index is 1.79. The molecule has 2 fully saturated rings. The lowest BCUT2D eigenvalue weighted by Crippen LogP contribution is -2.43. The van der Waals surface area contributed by atoms with Crippen LogP contribution < -0.4 is 0 Å². The van der Waals surface area contributed by atoms with E-state index in [9.17, 15) is 14.7 Å². The molecule has 0 bridgehead atoms. The average Bonchev–Trinajstić information content (AvgIpc) is 3.44. The fraction of sp³-hybridized carbons (Fsp3) is 0.630. The highest BCUT2D eigenvalue weighted by molar-refractivity contribution is 6.44. The summed E-state index contributed by atoms with van der Waals surface area (Å²) < 4.78 is 5.37. The smallest absolute Gasteiger partial charge is 0.317 e. The second-order valence-electron chi connectivity index (χ2n) is 10.8. The molecule has 1 N–H and O–H groups in total. The van der Waals surface area contributed by atoms with E-state index < -0.39 is 23.8 Å². The van der Waals surface area contributed by atoms with Crippen LogP contribution in [-0.4, -0.2) is 23.0 Å². The molecule has 0 aromatic rings. The second kappa shape index (κ2) is 8.52. The third-order valence-electron chi connectivity index (χ3n) is 8.59. The van der Waals surface area contributed by atoms with Crippen molar-refractivity contribution in [1.29, 1.82) is 0 Å². The summed E-state index contributed by atoms with van der Waals surface area (Å²) in [7, 11) is 0. The highest BCUT2D eigenvalue weighted by Gasteiger charge is 2.62. The molecule has 5 heteroatoms. The first-order valence-electron chi connectivity index (χ1n) is 11.9. The third kappa shape index (κ3) is 4.00. The fourth-order valence-corrected chi connectivity index (χ4v) is 6.91. The van der Waals surface area contributed by atoms with E-state index in [0.29, 0.717) is 23.2 Å². The van der Waals surface area contributed by atoms with Crippen molar-refractivity contribution in [3.63, 3.8) is 0 Å². The number of carbonyl (C=O) groups excluding carboxylic acids is 2. The SMILES string of the molecule is CC1C2C3C(O)=C(Cl)C(=O)[C@H](C)C(=O)O[C@@H](C)/C=C/C=C\[C@@H](C)[C@@H]3C=C[C@@H]2C[C@@]2(C)C[C@@H]12. The molecule has 32 heavy (non-hydrogen) atoms. The van der Waals surface area contributed by atoms with Gasteiger partial charge in [0.15, 0.2) is 5.78 Å². The van der Waals surface area contributed by atoms with Crippen LogP contribution in [0.2, 0.25) is 0 Å². The van der Waals surface area contributed by atoms with Gasteiger partial charge in [-0.2, -0.15) is 0 Å². The molecule has 0 amide bonds. The number of Topliss-reactive ketones (excluding diaryl/α,β-unsaturated/α-hetero) is 1. The molecule has 1 heterocycles. The predicted molar refractivity (Wildman–Crippen MR) is 126 cm³/mol. The molecule has 0 radical (unpaired) electrons. The Labute approximate surface area is 196 Å². The van der Waals surface area contributed by atoms with Gasteiger partial charge in [-0.15, -0.1) is 0 Å². The largest absolute Gasteiger partial charge is 0.510 e. The molecule has 2 saturated carbocycles. The zero-order valence-electron chi connectivity index (χ0n) is 19.6. The third-order valence-corrected chi connectivity index (χ3v) is 8.97. The van der Waals surface area contributed by atoms with E-state index in [0.717, 1.165) is 6.42 Å². The van der Waals surface area contributed by atoms with Gasteiger partial charge in [-0.05, 0) is 73.7 Å². The van der Waals surface area contributed by atoms with Crippen molar-refractivity contribution in [3.05, 3.63) is 47.2 Å². The van der Waals surface area contributed by atoms with Crippen LogP contribution in [0, 0.1) is 52.8 Å². The van der Waals surface area contributed by atoms with Crippen LogP contribution in [0.1, 0.15) is 47.5 Å². The Morgan fingerprint density at radius 1 is 1.03 bits per heavy atom. The van der Waals surface area contributed by atoms with Crippen LogP contribution in [-0.2, 0) is 14.3 Å². The monoisotopic (exact) mass is 458 g/mol. The Morgan fingerprint density at radius 2 is 1.72 bits per heavy atom. The Kier molecular flexibility index (Phi) is 6.21. The number of aliphatic hydroxyl groups is 1. The van der Waals surface area contributed by atoms with Crippen LogP contribution in [0.4, 0.5) is 0 Å². The number of halogens is 1. The summed E-state index contributed by atoms with van der Waals surface area (Å²) in [5, 5.41) is 11.2. The maximum atomic E-state index is 13.1. The van der Waals surface area contributed by atoms with Crippen LogP contribution in [0.3, 0.4) is 0 Å². The van der Waals surface area contributed by atoms with E-state index in [1.807, 2.05) is 12.2 Å². The average molecular weight is 459 g/mol. The summed E-state index contributed by atoms with van der Waals surface area (Å²) >= 11 is 6.52. The molecule has 4 aliphatic rings. The van der Waals surface area contributed by atoms with Gasteiger partial charge in [0, 0.05) is 5.92 Å². The van der Waals surface area contributed by atoms with Crippen molar-refractivity contribution in [2.45, 2.75) is 53.6 Å². The zero-order valence-corrected chi connectivity index (χ0v) is 20.4. The molecule has 4 nitrogen and oxygen atoms in total. The van der Waals surface area contributed by atoms with Gasteiger partial charge in [0.25, 0.3) is 0 Å². The van der Waals surface area contributed by atoms with Gasteiger partial charge in [-0.1, -0.05) is 62.8 Å². The van der Waals surface area contributed by atoms with E-state index in [4.69, 9.17) is 16.3 Å². The number of ketones is 1. The predicted octanol–water partition coefficient (Wildman–Crippen LogP) is 5.99.